The number of aliphatic carboxylic acids is 1. The minimum Gasteiger partial charge on any atom is -0.481 e. The molecule has 2 rings (SSSR count). The molecule has 0 bridgehead atoms. The Labute approximate surface area is 106 Å². The van der Waals surface area contributed by atoms with E-state index >= 15 is 0 Å². The summed E-state index contributed by atoms with van der Waals surface area (Å²) in [6.45, 7) is 3.30. The molecule has 0 atom stereocenters. The van der Waals surface area contributed by atoms with Gasteiger partial charge in [0.25, 0.3) is 0 Å². The molecule has 0 saturated carbocycles. The van der Waals surface area contributed by atoms with Crippen molar-refractivity contribution < 1.29 is 14.6 Å². The van der Waals surface area contributed by atoms with Crippen molar-refractivity contribution in [2.24, 2.45) is 5.92 Å². The SMILES string of the molecule is COc1nc(C)cc(N2CCC(C(=O)O)CC2)n1. The van der Waals surface area contributed by atoms with Gasteiger partial charge in [0.2, 0.25) is 0 Å². The zero-order valence-electron chi connectivity index (χ0n) is 10.6. The van der Waals surface area contributed by atoms with Crippen LogP contribution >= 0.6 is 0 Å². The number of carboxylic acids is 1. The summed E-state index contributed by atoms with van der Waals surface area (Å²) in [5.74, 6) is -0.125. The number of carbonyl (C=O) groups is 1. The first-order valence-electron chi connectivity index (χ1n) is 5.97. The number of aryl methyl sites for hydroxylation is 1. The summed E-state index contributed by atoms with van der Waals surface area (Å²) in [5.41, 5.74) is 0.845. The summed E-state index contributed by atoms with van der Waals surface area (Å²) in [6.07, 6.45) is 1.31. The van der Waals surface area contributed by atoms with Gasteiger partial charge in [-0.05, 0) is 19.8 Å². The molecule has 98 valence electrons. The van der Waals surface area contributed by atoms with Crippen molar-refractivity contribution in [1.82, 2.24) is 9.97 Å². The van der Waals surface area contributed by atoms with Crippen molar-refractivity contribution in [3.63, 3.8) is 0 Å². The van der Waals surface area contributed by atoms with Gasteiger partial charge in [0.1, 0.15) is 5.82 Å². The zero-order chi connectivity index (χ0) is 13.1. The normalized spacial score (nSPS) is 16.7. The van der Waals surface area contributed by atoms with Crippen LogP contribution in [-0.2, 0) is 4.79 Å². The van der Waals surface area contributed by atoms with E-state index in [2.05, 4.69) is 14.9 Å². The van der Waals surface area contributed by atoms with Crippen LogP contribution in [0.3, 0.4) is 0 Å². The molecule has 0 aliphatic carbocycles. The summed E-state index contributed by atoms with van der Waals surface area (Å²) in [7, 11) is 1.54. The third-order valence-electron chi connectivity index (χ3n) is 3.17. The lowest BCUT2D eigenvalue weighted by atomic mass is 9.97. The highest BCUT2D eigenvalue weighted by molar-refractivity contribution is 5.70. The molecule has 1 aromatic heterocycles. The van der Waals surface area contributed by atoms with E-state index < -0.39 is 5.97 Å². The fourth-order valence-corrected chi connectivity index (χ4v) is 2.13. The predicted octanol–water partition coefficient (Wildman–Crippen LogP) is 1.09. The average molecular weight is 251 g/mol. The first kappa shape index (κ1) is 12.6. The Bertz CT molecular complexity index is 442. The van der Waals surface area contributed by atoms with Crippen molar-refractivity contribution >= 4 is 11.8 Å². The lowest BCUT2D eigenvalue weighted by Crippen LogP contribution is -2.36. The lowest BCUT2D eigenvalue weighted by molar-refractivity contribution is -0.142. The second kappa shape index (κ2) is 5.20. The summed E-state index contributed by atoms with van der Waals surface area (Å²) in [6, 6.07) is 2.24. The zero-order valence-corrected chi connectivity index (χ0v) is 10.6. The van der Waals surface area contributed by atoms with Gasteiger partial charge in [-0.2, -0.15) is 4.98 Å². The summed E-state index contributed by atoms with van der Waals surface area (Å²) in [4.78, 5) is 21.4. The highest BCUT2D eigenvalue weighted by atomic mass is 16.5. The Hall–Kier alpha value is -1.85. The quantitative estimate of drug-likeness (QED) is 0.866. The number of aromatic nitrogens is 2. The Morgan fingerprint density at radius 2 is 2.11 bits per heavy atom. The van der Waals surface area contributed by atoms with Crippen LogP contribution in [0, 0.1) is 12.8 Å². The van der Waals surface area contributed by atoms with Gasteiger partial charge in [-0.15, -0.1) is 0 Å². The molecule has 6 nitrogen and oxygen atoms in total. The fraction of sp³-hybridized carbons (Fsp3) is 0.583. The predicted molar refractivity (Wildman–Crippen MR) is 65.9 cm³/mol. The number of ether oxygens (including phenoxy) is 1. The third-order valence-corrected chi connectivity index (χ3v) is 3.17. The highest BCUT2D eigenvalue weighted by Crippen LogP contribution is 2.23. The van der Waals surface area contributed by atoms with Crippen LogP contribution in [0.2, 0.25) is 0 Å². The highest BCUT2D eigenvalue weighted by Gasteiger charge is 2.25. The van der Waals surface area contributed by atoms with Gasteiger partial charge in [-0.3, -0.25) is 4.79 Å². The van der Waals surface area contributed by atoms with E-state index in [0.29, 0.717) is 31.9 Å². The molecular weight excluding hydrogens is 234 g/mol. The number of anilines is 1. The third kappa shape index (κ3) is 2.69. The molecule has 6 heteroatoms. The topological polar surface area (TPSA) is 75.5 Å². The second-order valence-electron chi connectivity index (χ2n) is 4.45. The van der Waals surface area contributed by atoms with Gasteiger partial charge in [-0.1, -0.05) is 0 Å². The van der Waals surface area contributed by atoms with E-state index in [0.717, 1.165) is 11.5 Å². The maximum atomic E-state index is 10.9. The standard InChI is InChI=1S/C12H17N3O3/c1-8-7-10(14-12(13-8)18-2)15-5-3-9(4-6-15)11(16)17/h7,9H,3-6H2,1-2H3,(H,16,17). The van der Waals surface area contributed by atoms with Crippen LogP contribution in [0.5, 0.6) is 6.01 Å². The number of piperidine rings is 1. The van der Waals surface area contributed by atoms with Gasteiger partial charge >= 0.3 is 12.0 Å². The van der Waals surface area contributed by atoms with Crippen molar-refractivity contribution in [3.8, 4) is 6.01 Å². The van der Waals surface area contributed by atoms with Crippen LogP contribution in [-0.4, -0.2) is 41.2 Å². The van der Waals surface area contributed by atoms with Crippen LogP contribution in [0.15, 0.2) is 6.07 Å². The largest absolute Gasteiger partial charge is 0.481 e. The Balaban J connectivity index is 2.09. The van der Waals surface area contributed by atoms with E-state index in [9.17, 15) is 4.79 Å². The number of carboxylic acid groups (broad SMARTS) is 1. The van der Waals surface area contributed by atoms with Crippen LogP contribution in [0.25, 0.3) is 0 Å². The van der Waals surface area contributed by atoms with Gasteiger partial charge in [0.05, 0.1) is 13.0 Å². The summed E-state index contributed by atoms with van der Waals surface area (Å²) in [5, 5.41) is 8.96. The molecule has 0 radical (unpaired) electrons. The molecule has 1 fully saturated rings. The Morgan fingerprint density at radius 3 is 2.67 bits per heavy atom. The maximum absolute atomic E-state index is 10.9. The van der Waals surface area contributed by atoms with Crippen LogP contribution in [0.4, 0.5) is 5.82 Å². The molecule has 0 unspecified atom stereocenters. The molecule has 2 heterocycles. The van der Waals surface area contributed by atoms with E-state index in [1.807, 2.05) is 13.0 Å². The lowest BCUT2D eigenvalue weighted by Gasteiger charge is -2.31. The van der Waals surface area contributed by atoms with Crippen molar-refractivity contribution in [2.45, 2.75) is 19.8 Å². The van der Waals surface area contributed by atoms with Crippen molar-refractivity contribution in [2.75, 3.05) is 25.1 Å². The molecule has 18 heavy (non-hydrogen) atoms. The molecular formula is C12H17N3O3. The van der Waals surface area contributed by atoms with Crippen molar-refractivity contribution in [3.05, 3.63) is 11.8 Å². The minimum absolute atomic E-state index is 0.230. The van der Waals surface area contributed by atoms with Gasteiger partial charge in [0, 0.05) is 24.8 Å². The van der Waals surface area contributed by atoms with E-state index in [1.165, 1.54) is 7.11 Å². The van der Waals surface area contributed by atoms with Crippen LogP contribution < -0.4 is 9.64 Å². The van der Waals surface area contributed by atoms with E-state index in [1.54, 1.807) is 0 Å². The Morgan fingerprint density at radius 1 is 1.44 bits per heavy atom. The van der Waals surface area contributed by atoms with Gasteiger partial charge in [-0.25, -0.2) is 4.98 Å². The number of nitrogens with zero attached hydrogens (tertiary/aromatic N) is 3. The minimum atomic E-state index is -0.703. The van der Waals surface area contributed by atoms with Gasteiger partial charge < -0.3 is 14.7 Å². The molecule has 0 spiro atoms. The molecule has 1 saturated heterocycles. The smallest absolute Gasteiger partial charge is 0.318 e. The van der Waals surface area contributed by atoms with E-state index in [-0.39, 0.29) is 5.92 Å². The maximum Gasteiger partial charge on any atom is 0.318 e. The molecule has 1 aliphatic rings. The second-order valence-corrected chi connectivity index (χ2v) is 4.45. The van der Waals surface area contributed by atoms with E-state index in [4.69, 9.17) is 9.84 Å². The summed E-state index contributed by atoms with van der Waals surface area (Å²) < 4.78 is 5.04. The first-order chi connectivity index (χ1) is 8.60. The number of hydrogen-bond acceptors (Lipinski definition) is 5. The first-order valence-corrected chi connectivity index (χ1v) is 5.97. The molecule has 1 aliphatic heterocycles. The summed E-state index contributed by atoms with van der Waals surface area (Å²) >= 11 is 0. The number of hydrogen-bond donors (Lipinski definition) is 1. The molecule has 1 N–H and O–H groups in total. The average Bonchev–Trinajstić information content (AvgIpc) is 2.38. The van der Waals surface area contributed by atoms with Gasteiger partial charge in [0.15, 0.2) is 0 Å². The monoisotopic (exact) mass is 251 g/mol. The molecule has 1 aromatic rings. The fourth-order valence-electron chi connectivity index (χ4n) is 2.13. The number of methoxy groups -OCH3 is 1. The molecule has 0 aromatic carbocycles. The molecule has 0 amide bonds. The van der Waals surface area contributed by atoms with Crippen LogP contribution in [0.1, 0.15) is 18.5 Å². The Kier molecular flexibility index (Phi) is 3.64. The van der Waals surface area contributed by atoms with Crippen molar-refractivity contribution in [1.29, 1.82) is 0 Å². The number of rotatable bonds is 3.